The second-order valence-corrected chi connectivity index (χ2v) is 7.16. The Labute approximate surface area is 147 Å². The molecule has 8 nitrogen and oxygen atoms in total. The van der Waals surface area contributed by atoms with Crippen LogP contribution in [0.15, 0.2) is 22.9 Å². The summed E-state index contributed by atoms with van der Waals surface area (Å²) >= 11 is 0. The second-order valence-electron chi connectivity index (χ2n) is 7.16. The molecule has 1 atom stereocenters. The average molecular weight is 344 g/mol. The van der Waals surface area contributed by atoms with Gasteiger partial charge in [0.05, 0.1) is 0 Å². The first kappa shape index (κ1) is 17.2. The van der Waals surface area contributed by atoms with Crippen molar-refractivity contribution in [2.45, 2.75) is 45.1 Å². The maximum Gasteiger partial charge on any atom is 0.248 e. The Balaban J connectivity index is 1.73. The molecule has 25 heavy (non-hydrogen) atoms. The molecule has 1 aliphatic rings. The molecule has 3 rings (SSSR count). The maximum atomic E-state index is 12.7. The number of nitrogens with zero attached hydrogens (tertiary/aromatic N) is 4. The van der Waals surface area contributed by atoms with Crippen molar-refractivity contribution in [3.05, 3.63) is 24.1 Å². The minimum atomic E-state index is -0.283. The Morgan fingerprint density at radius 1 is 1.40 bits per heavy atom. The van der Waals surface area contributed by atoms with Crippen molar-refractivity contribution < 1.29 is 9.32 Å². The van der Waals surface area contributed by atoms with Crippen molar-refractivity contribution in [3.8, 4) is 0 Å². The van der Waals surface area contributed by atoms with E-state index < -0.39 is 0 Å². The standard InChI is InChI=1S/C17H24N6O2/c1-17(2,3)12-10-13(22-25-12)20-15(24)11-6-5-9-23(11)14-7-8-19-16(18-4)21-14/h7-8,10-11H,5-6,9H2,1-4H3,(H,18,19,21)(H,20,22,24)/t11-/m0/s1. The number of hydrogen-bond acceptors (Lipinski definition) is 7. The van der Waals surface area contributed by atoms with Gasteiger partial charge in [0, 0.05) is 31.3 Å². The van der Waals surface area contributed by atoms with Crippen LogP contribution in [-0.4, -0.2) is 40.7 Å². The highest BCUT2D eigenvalue weighted by atomic mass is 16.5. The van der Waals surface area contributed by atoms with Crippen LogP contribution < -0.4 is 15.5 Å². The number of carbonyl (C=O) groups is 1. The van der Waals surface area contributed by atoms with Gasteiger partial charge in [-0.25, -0.2) is 4.98 Å². The Morgan fingerprint density at radius 2 is 2.20 bits per heavy atom. The van der Waals surface area contributed by atoms with Crippen molar-refractivity contribution in [3.63, 3.8) is 0 Å². The lowest BCUT2D eigenvalue weighted by atomic mass is 9.93. The van der Waals surface area contributed by atoms with Crippen LogP contribution in [0.2, 0.25) is 0 Å². The molecule has 2 aromatic heterocycles. The van der Waals surface area contributed by atoms with Crippen LogP contribution in [0.5, 0.6) is 0 Å². The summed E-state index contributed by atoms with van der Waals surface area (Å²) in [5.41, 5.74) is -0.153. The average Bonchev–Trinajstić information content (AvgIpc) is 3.23. The smallest absolute Gasteiger partial charge is 0.248 e. The molecule has 8 heteroatoms. The Morgan fingerprint density at radius 3 is 2.88 bits per heavy atom. The third-order valence-electron chi connectivity index (χ3n) is 4.21. The van der Waals surface area contributed by atoms with Crippen molar-refractivity contribution >= 4 is 23.5 Å². The summed E-state index contributed by atoms with van der Waals surface area (Å²) in [6, 6.07) is 3.32. The summed E-state index contributed by atoms with van der Waals surface area (Å²) in [6.45, 7) is 6.88. The number of nitrogens with one attached hydrogen (secondary N) is 2. The first-order valence-corrected chi connectivity index (χ1v) is 8.44. The fraction of sp³-hybridized carbons (Fsp3) is 0.529. The molecule has 0 unspecified atom stereocenters. The SMILES string of the molecule is CNc1nccc(N2CCC[C@H]2C(=O)Nc2cc(C(C)(C)C)on2)n1. The number of hydrogen-bond donors (Lipinski definition) is 2. The normalized spacial score (nSPS) is 17.6. The van der Waals surface area contributed by atoms with E-state index in [2.05, 4.69) is 25.8 Å². The molecule has 0 saturated carbocycles. The number of amides is 1. The van der Waals surface area contributed by atoms with Gasteiger partial charge in [-0.15, -0.1) is 0 Å². The summed E-state index contributed by atoms with van der Waals surface area (Å²) in [4.78, 5) is 23.3. The highest BCUT2D eigenvalue weighted by Gasteiger charge is 2.32. The molecule has 3 heterocycles. The van der Waals surface area contributed by atoms with Gasteiger partial charge in [0.25, 0.3) is 0 Å². The molecule has 134 valence electrons. The van der Waals surface area contributed by atoms with Gasteiger partial charge in [0.2, 0.25) is 11.9 Å². The fourth-order valence-corrected chi connectivity index (χ4v) is 2.84. The zero-order chi connectivity index (χ0) is 18.0. The highest BCUT2D eigenvalue weighted by molar-refractivity contribution is 5.96. The Kier molecular flexibility index (Phi) is 4.61. The summed E-state index contributed by atoms with van der Waals surface area (Å²) in [5, 5.41) is 9.74. The lowest BCUT2D eigenvalue weighted by molar-refractivity contribution is -0.117. The van der Waals surface area contributed by atoms with E-state index in [9.17, 15) is 4.79 Å². The van der Waals surface area contributed by atoms with Crippen LogP contribution in [0.3, 0.4) is 0 Å². The second kappa shape index (κ2) is 6.70. The molecule has 0 radical (unpaired) electrons. The molecule has 1 saturated heterocycles. The largest absolute Gasteiger partial charge is 0.359 e. The molecule has 1 amide bonds. The van der Waals surface area contributed by atoms with Crippen LogP contribution in [0, 0.1) is 0 Å². The van der Waals surface area contributed by atoms with E-state index in [-0.39, 0.29) is 17.4 Å². The van der Waals surface area contributed by atoms with E-state index in [0.29, 0.717) is 11.8 Å². The third-order valence-corrected chi connectivity index (χ3v) is 4.21. The van der Waals surface area contributed by atoms with Crippen LogP contribution in [-0.2, 0) is 10.2 Å². The third kappa shape index (κ3) is 3.72. The van der Waals surface area contributed by atoms with E-state index in [1.165, 1.54) is 0 Å². The number of anilines is 3. The summed E-state index contributed by atoms with van der Waals surface area (Å²) in [7, 11) is 1.77. The van der Waals surface area contributed by atoms with Gasteiger partial charge in [-0.2, -0.15) is 4.98 Å². The van der Waals surface area contributed by atoms with Gasteiger partial charge in [0.15, 0.2) is 5.82 Å². The van der Waals surface area contributed by atoms with Gasteiger partial charge < -0.3 is 20.1 Å². The van der Waals surface area contributed by atoms with E-state index in [0.717, 1.165) is 31.0 Å². The monoisotopic (exact) mass is 344 g/mol. The molecule has 0 bridgehead atoms. The van der Waals surface area contributed by atoms with Gasteiger partial charge in [-0.1, -0.05) is 25.9 Å². The maximum absolute atomic E-state index is 12.7. The number of carbonyl (C=O) groups excluding carboxylic acids is 1. The fourth-order valence-electron chi connectivity index (χ4n) is 2.84. The first-order valence-electron chi connectivity index (χ1n) is 8.44. The zero-order valence-corrected chi connectivity index (χ0v) is 15.0. The summed E-state index contributed by atoms with van der Waals surface area (Å²) < 4.78 is 5.33. The molecule has 0 spiro atoms. The van der Waals surface area contributed by atoms with E-state index in [1.54, 1.807) is 19.3 Å². The van der Waals surface area contributed by atoms with Gasteiger partial charge >= 0.3 is 0 Å². The van der Waals surface area contributed by atoms with Crippen molar-refractivity contribution in [2.24, 2.45) is 0 Å². The van der Waals surface area contributed by atoms with Gasteiger partial charge in [0.1, 0.15) is 17.6 Å². The molecule has 1 fully saturated rings. The lowest BCUT2D eigenvalue weighted by Gasteiger charge is -2.24. The molecule has 0 aliphatic carbocycles. The van der Waals surface area contributed by atoms with Gasteiger partial charge in [-0.05, 0) is 18.9 Å². The topological polar surface area (TPSA) is 96.2 Å². The Bertz CT molecular complexity index is 752. The molecular weight excluding hydrogens is 320 g/mol. The first-order chi connectivity index (χ1) is 11.9. The van der Waals surface area contributed by atoms with Crippen LogP contribution in [0.1, 0.15) is 39.4 Å². The molecule has 2 N–H and O–H groups in total. The predicted octanol–water partition coefficient (Wildman–Crippen LogP) is 2.41. The summed E-state index contributed by atoms with van der Waals surface area (Å²) in [6.07, 6.45) is 3.40. The van der Waals surface area contributed by atoms with Crippen LogP contribution in [0.25, 0.3) is 0 Å². The van der Waals surface area contributed by atoms with Crippen molar-refractivity contribution in [1.82, 2.24) is 15.1 Å². The molecule has 0 aromatic carbocycles. The van der Waals surface area contributed by atoms with Crippen molar-refractivity contribution in [2.75, 3.05) is 29.1 Å². The van der Waals surface area contributed by atoms with Crippen LogP contribution in [0.4, 0.5) is 17.6 Å². The zero-order valence-electron chi connectivity index (χ0n) is 15.0. The molecule has 2 aromatic rings. The van der Waals surface area contributed by atoms with E-state index in [4.69, 9.17) is 4.52 Å². The lowest BCUT2D eigenvalue weighted by Crippen LogP contribution is -2.40. The molecule has 1 aliphatic heterocycles. The van der Waals surface area contributed by atoms with E-state index in [1.807, 2.05) is 31.7 Å². The number of rotatable bonds is 4. The van der Waals surface area contributed by atoms with Crippen molar-refractivity contribution in [1.29, 1.82) is 0 Å². The minimum Gasteiger partial charge on any atom is -0.359 e. The van der Waals surface area contributed by atoms with Crippen LogP contribution >= 0.6 is 0 Å². The van der Waals surface area contributed by atoms with Gasteiger partial charge in [-0.3, -0.25) is 4.79 Å². The minimum absolute atomic E-state index is 0.101. The van der Waals surface area contributed by atoms with E-state index >= 15 is 0 Å². The predicted molar refractivity (Wildman–Crippen MR) is 95.8 cm³/mol. The quantitative estimate of drug-likeness (QED) is 0.879. The Hall–Kier alpha value is -2.64. The number of aromatic nitrogens is 3. The summed E-state index contributed by atoms with van der Waals surface area (Å²) in [5.74, 6) is 2.36. The molecular formula is C17H24N6O2. The highest BCUT2D eigenvalue weighted by Crippen LogP contribution is 2.27.